The maximum absolute atomic E-state index is 5.88. The van der Waals surface area contributed by atoms with Crippen molar-refractivity contribution in [2.24, 2.45) is 5.92 Å². The molecule has 0 atom stereocenters. The molecule has 0 bridgehead atoms. The van der Waals surface area contributed by atoms with Gasteiger partial charge in [-0.15, -0.1) is 5.10 Å². The Bertz CT molecular complexity index is 1300. The third-order valence-electron chi connectivity index (χ3n) is 7.36. The predicted octanol–water partition coefficient (Wildman–Crippen LogP) is 6.25. The first-order chi connectivity index (χ1) is 16.1. The minimum Gasteiger partial charge on any atom is -0.494 e. The maximum Gasteiger partial charge on any atom is 0.182 e. The van der Waals surface area contributed by atoms with Crippen LogP contribution >= 0.6 is 0 Å². The lowest BCUT2D eigenvalue weighted by molar-refractivity contribution is 0.289. The molecule has 33 heavy (non-hydrogen) atoms. The number of nitrogens with zero attached hydrogens (tertiary/aromatic N) is 4. The maximum atomic E-state index is 5.88. The van der Waals surface area contributed by atoms with E-state index in [1.165, 1.54) is 42.4 Å². The van der Waals surface area contributed by atoms with Crippen molar-refractivity contribution in [3.05, 3.63) is 66.0 Å². The first-order valence-electron chi connectivity index (χ1n) is 12.2. The Morgan fingerprint density at radius 1 is 1.03 bits per heavy atom. The van der Waals surface area contributed by atoms with Gasteiger partial charge in [0.05, 0.1) is 12.3 Å². The van der Waals surface area contributed by atoms with Crippen LogP contribution in [0.25, 0.3) is 28.3 Å². The van der Waals surface area contributed by atoms with Gasteiger partial charge in [-0.3, -0.25) is 0 Å². The molecule has 0 amide bonds. The Morgan fingerprint density at radius 3 is 2.61 bits per heavy atom. The van der Waals surface area contributed by atoms with Gasteiger partial charge < -0.3 is 4.74 Å². The molecule has 2 aromatic heterocycles. The van der Waals surface area contributed by atoms with Crippen LogP contribution in [0.2, 0.25) is 0 Å². The van der Waals surface area contributed by atoms with Gasteiger partial charge >= 0.3 is 0 Å². The van der Waals surface area contributed by atoms with Gasteiger partial charge in [0.25, 0.3) is 0 Å². The zero-order valence-electron chi connectivity index (χ0n) is 19.4. The summed E-state index contributed by atoms with van der Waals surface area (Å²) in [5.74, 6) is 2.27. The molecule has 2 aliphatic rings. The standard InChI is InChI=1S/C28H30N4O/c1-19(2)13-16-33-22-11-9-20(10-12-22)26-30-27-24-25(29-18-32(27)31-26)23-8-4-3-7-21(23)17-28(24)14-5-6-15-28/h3-4,7-12,18-19H,5-6,13-17H2,1-2H3. The van der Waals surface area contributed by atoms with E-state index in [1.54, 1.807) is 0 Å². The van der Waals surface area contributed by atoms with Crippen molar-refractivity contribution >= 4 is 5.65 Å². The summed E-state index contributed by atoms with van der Waals surface area (Å²) < 4.78 is 7.77. The van der Waals surface area contributed by atoms with E-state index < -0.39 is 0 Å². The monoisotopic (exact) mass is 438 g/mol. The van der Waals surface area contributed by atoms with Crippen LogP contribution in [-0.4, -0.2) is 26.2 Å². The third kappa shape index (κ3) is 3.50. The normalized spacial score (nSPS) is 16.3. The van der Waals surface area contributed by atoms with Gasteiger partial charge in [0.1, 0.15) is 12.1 Å². The number of fused-ring (bicyclic) bond motifs is 6. The summed E-state index contributed by atoms with van der Waals surface area (Å²) >= 11 is 0. The topological polar surface area (TPSA) is 52.3 Å². The van der Waals surface area contributed by atoms with Gasteiger partial charge in [-0.1, -0.05) is 51.0 Å². The molecule has 0 N–H and O–H groups in total. The minimum absolute atomic E-state index is 0.123. The molecule has 5 heteroatoms. The highest BCUT2D eigenvalue weighted by molar-refractivity contribution is 5.78. The molecular formula is C28H30N4O. The summed E-state index contributed by atoms with van der Waals surface area (Å²) in [7, 11) is 0. The molecule has 0 aliphatic heterocycles. The molecule has 1 spiro atoms. The van der Waals surface area contributed by atoms with Crippen molar-refractivity contribution in [2.45, 2.75) is 57.8 Å². The van der Waals surface area contributed by atoms with E-state index in [2.05, 4.69) is 50.2 Å². The summed E-state index contributed by atoms with van der Waals surface area (Å²) in [5.41, 5.74) is 7.14. The third-order valence-corrected chi connectivity index (χ3v) is 7.36. The largest absolute Gasteiger partial charge is 0.494 e. The fourth-order valence-electron chi connectivity index (χ4n) is 5.62. The van der Waals surface area contributed by atoms with Crippen molar-refractivity contribution in [2.75, 3.05) is 6.61 Å². The van der Waals surface area contributed by atoms with E-state index in [-0.39, 0.29) is 5.41 Å². The van der Waals surface area contributed by atoms with Gasteiger partial charge in [-0.2, -0.15) is 0 Å². The second-order valence-corrected chi connectivity index (χ2v) is 10.0. The van der Waals surface area contributed by atoms with Crippen molar-refractivity contribution in [3.63, 3.8) is 0 Å². The molecule has 168 valence electrons. The number of aromatic nitrogens is 4. The fourth-order valence-corrected chi connectivity index (χ4v) is 5.62. The zero-order chi connectivity index (χ0) is 22.4. The molecule has 6 rings (SSSR count). The summed E-state index contributed by atoms with van der Waals surface area (Å²) in [5, 5.41) is 4.82. The second-order valence-electron chi connectivity index (χ2n) is 10.0. The molecule has 2 aliphatic carbocycles. The average Bonchev–Trinajstić information content (AvgIpc) is 3.47. The number of hydrogen-bond donors (Lipinski definition) is 0. The Hall–Kier alpha value is -3.21. The number of benzene rings is 2. The summed E-state index contributed by atoms with van der Waals surface area (Å²) in [4.78, 5) is 9.99. The smallest absolute Gasteiger partial charge is 0.182 e. The van der Waals surface area contributed by atoms with E-state index in [1.807, 2.05) is 23.0 Å². The lowest BCUT2D eigenvalue weighted by atomic mass is 9.68. The molecule has 5 nitrogen and oxygen atoms in total. The fraction of sp³-hybridized carbons (Fsp3) is 0.393. The van der Waals surface area contributed by atoms with E-state index in [4.69, 9.17) is 19.8 Å². The Balaban J connectivity index is 1.40. The Kier molecular flexibility index (Phi) is 4.93. The zero-order valence-corrected chi connectivity index (χ0v) is 19.4. The van der Waals surface area contributed by atoms with Crippen molar-refractivity contribution < 1.29 is 4.74 Å². The molecule has 2 aromatic carbocycles. The van der Waals surface area contributed by atoms with Gasteiger partial charge in [0.2, 0.25) is 0 Å². The summed E-state index contributed by atoms with van der Waals surface area (Å²) in [6, 6.07) is 16.9. The van der Waals surface area contributed by atoms with Gasteiger partial charge in [-0.25, -0.2) is 14.5 Å². The number of ether oxygens (including phenoxy) is 1. The van der Waals surface area contributed by atoms with Crippen LogP contribution in [0.4, 0.5) is 0 Å². The first-order valence-corrected chi connectivity index (χ1v) is 12.2. The van der Waals surface area contributed by atoms with Crippen LogP contribution in [0.3, 0.4) is 0 Å². The molecule has 0 saturated heterocycles. The Morgan fingerprint density at radius 2 is 1.82 bits per heavy atom. The highest BCUT2D eigenvalue weighted by Gasteiger charge is 2.43. The highest BCUT2D eigenvalue weighted by Crippen LogP contribution is 2.52. The van der Waals surface area contributed by atoms with E-state index in [0.29, 0.717) is 5.92 Å². The van der Waals surface area contributed by atoms with E-state index >= 15 is 0 Å². The average molecular weight is 439 g/mol. The first kappa shape index (κ1) is 20.4. The van der Waals surface area contributed by atoms with Crippen molar-refractivity contribution in [3.8, 4) is 28.4 Å². The second kappa shape index (κ2) is 7.98. The van der Waals surface area contributed by atoms with Crippen LogP contribution in [0, 0.1) is 5.92 Å². The van der Waals surface area contributed by atoms with Gasteiger partial charge in [-0.05, 0) is 61.4 Å². The Labute approximate surface area is 194 Å². The quantitative estimate of drug-likeness (QED) is 0.369. The van der Waals surface area contributed by atoms with Crippen LogP contribution < -0.4 is 4.74 Å². The van der Waals surface area contributed by atoms with Crippen molar-refractivity contribution in [1.82, 2.24) is 19.6 Å². The molecule has 0 unspecified atom stereocenters. The van der Waals surface area contributed by atoms with E-state index in [9.17, 15) is 0 Å². The van der Waals surface area contributed by atoms with Crippen LogP contribution in [0.1, 0.15) is 57.1 Å². The molecule has 1 saturated carbocycles. The molecule has 2 heterocycles. The highest BCUT2D eigenvalue weighted by atomic mass is 16.5. The van der Waals surface area contributed by atoms with Crippen molar-refractivity contribution in [1.29, 1.82) is 0 Å². The lowest BCUT2D eigenvalue weighted by Crippen LogP contribution is -2.31. The molecule has 4 aromatic rings. The van der Waals surface area contributed by atoms with E-state index in [0.717, 1.165) is 47.9 Å². The number of hydrogen-bond acceptors (Lipinski definition) is 4. The summed E-state index contributed by atoms with van der Waals surface area (Å²) in [6.07, 6.45) is 8.88. The molecule has 1 fully saturated rings. The summed E-state index contributed by atoms with van der Waals surface area (Å²) in [6.45, 7) is 5.16. The SMILES string of the molecule is CC(C)CCOc1ccc(-c2nc3c4c(ncn3n2)-c2ccccc2CC42CCCC2)cc1. The molecule has 0 radical (unpaired) electrons. The van der Waals surface area contributed by atoms with Crippen LogP contribution in [0.5, 0.6) is 5.75 Å². The van der Waals surface area contributed by atoms with Crippen LogP contribution in [-0.2, 0) is 11.8 Å². The molecular weight excluding hydrogens is 408 g/mol. The van der Waals surface area contributed by atoms with Gasteiger partial charge in [0, 0.05) is 22.1 Å². The van der Waals surface area contributed by atoms with Crippen LogP contribution in [0.15, 0.2) is 54.9 Å². The predicted molar refractivity (Wildman–Crippen MR) is 130 cm³/mol. The minimum atomic E-state index is 0.123. The lowest BCUT2D eigenvalue weighted by Gasteiger charge is -2.36. The number of rotatable bonds is 5. The van der Waals surface area contributed by atoms with Gasteiger partial charge in [0.15, 0.2) is 11.5 Å².